The number of aromatic amines is 1. The predicted octanol–water partition coefficient (Wildman–Crippen LogP) is 3.71. The minimum Gasteiger partial charge on any atom is -0.345 e. The Morgan fingerprint density at radius 1 is 1.21 bits per heavy atom. The van der Waals surface area contributed by atoms with Gasteiger partial charge in [0.25, 0.3) is 0 Å². The van der Waals surface area contributed by atoms with Crippen LogP contribution in [0.3, 0.4) is 0 Å². The molecule has 0 atom stereocenters. The molecule has 0 saturated carbocycles. The molecular formula is C12H18N2. The third-order valence-electron chi connectivity index (χ3n) is 2.11. The molecule has 0 saturated heterocycles. The fraction of sp³-hybridized carbons (Fsp3) is 0.417. The van der Waals surface area contributed by atoms with E-state index < -0.39 is 0 Å². The third-order valence-corrected chi connectivity index (χ3v) is 2.11. The number of hydrogen-bond acceptors (Lipinski definition) is 1. The lowest BCUT2D eigenvalue weighted by atomic mass is 10.0. The summed E-state index contributed by atoms with van der Waals surface area (Å²) in [5, 5.41) is 0. The lowest BCUT2D eigenvalue weighted by Gasteiger charge is -2.03. The van der Waals surface area contributed by atoms with Crippen LogP contribution in [0.4, 0.5) is 0 Å². The summed E-state index contributed by atoms with van der Waals surface area (Å²) in [5.74, 6) is 0.581. The van der Waals surface area contributed by atoms with Gasteiger partial charge in [0.15, 0.2) is 0 Å². The van der Waals surface area contributed by atoms with Gasteiger partial charge in [-0.2, -0.15) is 0 Å². The maximum Gasteiger partial charge on any atom is 0.0931 e. The van der Waals surface area contributed by atoms with Crippen molar-refractivity contribution in [2.75, 3.05) is 0 Å². The van der Waals surface area contributed by atoms with Gasteiger partial charge in [0.05, 0.1) is 17.4 Å². The number of fused-ring (bicyclic) bond motifs is 1. The molecule has 1 N–H and O–H groups in total. The second kappa shape index (κ2) is 4.80. The van der Waals surface area contributed by atoms with Gasteiger partial charge in [-0.05, 0) is 23.6 Å². The van der Waals surface area contributed by atoms with Gasteiger partial charge in [0.2, 0.25) is 0 Å². The number of hydrogen-bond donors (Lipinski definition) is 1. The first-order valence-corrected chi connectivity index (χ1v) is 5.20. The van der Waals surface area contributed by atoms with E-state index in [9.17, 15) is 0 Å². The molecule has 0 aliphatic rings. The van der Waals surface area contributed by atoms with E-state index >= 15 is 0 Å². The highest BCUT2D eigenvalue weighted by Gasteiger charge is 2.00. The van der Waals surface area contributed by atoms with E-state index in [0.29, 0.717) is 5.92 Å². The summed E-state index contributed by atoms with van der Waals surface area (Å²) in [7, 11) is 0. The highest BCUT2D eigenvalue weighted by Crippen LogP contribution is 2.18. The van der Waals surface area contributed by atoms with E-state index in [0.717, 1.165) is 11.0 Å². The first kappa shape index (κ1) is 10.8. The molecule has 2 aromatic rings. The summed E-state index contributed by atoms with van der Waals surface area (Å²) in [4.78, 5) is 7.27. The van der Waals surface area contributed by atoms with Crippen LogP contribution in [-0.4, -0.2) is 9.97 Å². The van der Waals surface area contributed by atoms with Crippen molar-refractivity contribution in [1.82, 2.24) is 9.97 Å². The Morgan fingerprint density at radius 2 is 1.93 bits per heavy atom. The summed E-state index contributed by atoms with van der Waals surface area (Å²) >= 11 is 0. The van der Waals surface area contributed by atoms with Gasteiger partial charge in [-0.25, -0.2) is 4.98 Å². The Labute approximate surface area is 85.4 Å². The normalized spacial score (nSPS) is 10.1. The minimum atomic E-state index is 0.581. The molecule has 14 heavy (non-hydrogen) atoms. The topological polar surface area (TPSA) is 28.7 Å². The van der Waals surface area contributed by atoms with Gasteiger partial charge in [0.1, 0.15) is 0 Å². The van der Waals surface area contributed by atoms with Crippen LogP contribution in [0.2, 0.25) is 0 Å². The Hall–Kier alpha value is -1.31. The second-order valence-electron chi connectivity index (χ2n) is 3.33. The van der Waals surface area contributed by atoms with E-state index in [4.69, 9.17) is 0 Å². The maximum atomic E-state index is 4.16. The van der Waals surface area contributed by atoms with Crippen LogP contribution in [-0.2, 0) is 0 Å². The number of nitrogens with one attached hydrogen (secondary N) is 1. The van der Waals surface area contributed by atoms with Crippen molar-refractivity contribution in [3.63, 3.8) is 0 Å². The van der Waals surface area contributed by atoms with E-state index in [2.05, 4.69) is 42.0 Å². The molecule has 0 fully saturated rings. The Bertz CT molecular complexity index is 388. The molecule has 76 valence electrons. The quantitative estimate of drug-likeness (QED) is 0.729. The lowest BCUT2D eigenvalue weighted by Crippen LogP contribution is -1.85. The number of rotatable bonds is 1. The van der Waals surface area contributed by atoms with Gasteiger partial charge >= 0.3 is 0 Å². The second-order valence-corrected chi connectivity index (χ2v) is 3.33. The highest BCUT2D eigenvalue weighted by molar-refractivity contribution is 5.75. The molecule has 0 bridgehead atoms. The lowest BCUT2D eigenvalue weighted by molar-refractivity contribution is 0.868. The van der Waals surface area contributed by atoms with E-state index in [1.165, 1.54) is 5.56 Å². The van der Waals surface area contributed by atoms with Crippen molar-refractivity contribution < 1.29 is 0 Å². The van der Waals surface area contributed by atoms with Crippen LogP contribution >= 0.6 is 0 Å². The first-order chi connectivity index (χ1) is 6.77. The van der Waals surface area contributed by atoms with Gasteiger partial charge in [0, 0.05) is 0 Å². The zero-order valence-corrected chi connectivity index (χ0v) is 9.33. The average molecular weight is 190 g/mol. The largest absolute Gasteiger partial charge is 0.345 e. The predicted molar refractivity (Wildman–Crippen MR) is 61.5 cm³/mol. The van der Waals surface area contributed by atoms with Crippen molar-refractivity contribution in [1.29, 1.82) is 0 Å². The van der Waals surface area contributed by atoms with Gasteiger partial charge in [-0.1, -0.05) is 33.8 Å². The summed E-state index contributed by atoms with van der Waals surface area (Å²) in [6.07, 6.45) is 1.73. The molecule has 0 radical (unpaired) electrons. The summed E-state index contributed by atoms with van der Waals surface area (Å²) in [6.45, 7) is 8.38. The molecule has 2 rings (SSSR count). The molecule has 2 heteroatoms. The van der Waals surface area contributed by atoms with Crippen molar-refractivity contribution in [3.05, 3.63) is 30.1 Å². The van der Waals surface area contributed by atoms with E-state index in [-0.39, 0.29) is 0 Å². The fourth-order valence-electron chi connectivity index (χ4n) is 1.31. The van der Waals surface area contributed by atoms with E-state index in [1.54, 1.807) is 6.33 Å². The monoisotopic (exact) mass is 190 g/mol. The Balaban J connectivity index is 0.000000461. The number of aromatic nitrogens is 2. The average Bonchev–Trinajstić information content (AvgIpc) is 2.67. The van der Waals surface area contributed by atoms with E-state index in [1.807, 2.05) is 13.8 Å². The van der Waals surface area contributed by atoms with Crippen LogP contribution in [0.5, 0.6) is 0 Å². The van der Waals surface area contributed by atoms with Crippen LogP contribution < -0.4 is 0 Å². The smallest absolute Gasteiger partial charge is 0.0931 e. The summed E-state index contributed by atoms with van der Waals surface area (Å²) < 4.78 is 0. The van der Waals surface area contributed by atoms with Gasteiger partial charge < -0.3 is 4.98 Å². The summed E-state index contributed by atoms with van der Waals surface area (Å²) in [6, 6.07) is 6.35. The Morgan fingerprint density at radius 3 is 2.57 bits per heavy atom. The van der Waals surface area contributed by atoms with Crippen LogP contribution in [0.15, 0.2) is 24.5 Å². The molecule has 0 amide bonds. The fourth-order valence-corrected chi connectivity index (χ4v) is 1.31. The SMILES string of the molecule is CC.CC(C)c1ccc2nc[nH]c2c1. The maximum absolute atomic E-state index is 4.16. The van der Waals surface area contributed by atoms with Crippen molar-refractivity contribution in [2.45, 2.75) is 33.6 Å². The van der Waals surface area contributed by atoms with Gasteiger partial charge in [-0.15, -0.1) is 0 Å². The zero-order chi connectivity index (χ0) is 10.6. The molecule has 0 unspecified atom stereocenters. The van der Waals surface area contributed by atoms with Crippen LogP contribution in [0.25, 0.3) is 11.0 Å². The zero-order valence-electron chi connectivity index (χ0n) is 9.33. The molecule has 0 aliphatic carbocycles. The third kappa shape index (κ3) is 2.13. The number of imidazole rings is 1. The van der Waals surface area contributed by atoms with Gasteiger partial charge in [-0.3, -0.25) is 0 Å². The molecule has 1 aromatic carbocycles. The summed E-state index contributed by atoms with van der Waals surface area (Å²) in [5.41, 5.74) is 3.52. The number of nitrogens with zero attached hydrogens (tertiary/aromatic N) is 1. The van der Waals surface area contributed by atoms with Crippen molar-refractivity contribution >= 4 is 11.0 Å². The molecule has 0 spiro atoms. The first-order valence-electron chi connectivity index (χ1n) is 5.20. The molecule has 2 nitrogen and oxygen atoms in total. The molecule has 1 heterocycles. The number of H-pyrrole nitrogens is 1. The standard InChI is InChI=1S/C10H12N2.C2H6/c1-7(2)8-3-4-9-10(5-8)12-6-11-9;1-2/h3-7H,1-2H3,(H,11,12);1-2H3. The minimum absolute atomic E-state index is 0.581. The van der Waals surface area contributed by atoms with Crippen molar-refractivity contribution in [3.8, 4) is 0 Å². The Kier molecular flexibility index (Phi) is 3.69. The molecule has 0 aliphatic heterocycles. The number of benzene rings is 1. The van der Waals surface area contributed by atoms with Crippen LogP contribution in [0, 0.1) is 0 Å². The molecule has 1 aromatic heterocycles. The highest BCUT2D eigenvalue weighted by atomic mass is 14.9. The van der Waals surface area contributed by atoms with Crippen LogP contribution in [0.1, 0.15) is 39.2 Å². The molecular weight excluding hydrogens is 172 g/mol. The van der Waals surface area contributed by atoms with Crippen molar-refractivity contribution in [2.24, 2.45) is 0 Å².